The minimum atomic E-state index is -1.26. The number of hydrogen-bond acceptors (Lipinski definition) is 8. The van der Waals surface area contributed by atoms with Gasteiger partial charge in [0.25, 0.3) is 0 Å². The lowest BCUT2D eigenvalue weighted by Gasteiger charge is -2.27. The summed E-state index contributed by atoms with van der Waals surface area (Å²) in [5.74, 6) is -3.94. The predicted octanol–water partition coefficient (Wildman–Crippen LogP) is -1.90. The Kier molecular flexibility index (Phi) is 12.1. The molecular weight excluding hydrogens is 466 g/mol. The molecule has 190 valence electrons. The van der Waals surface area contributed by atoms with Gasteiger partial charge in [-0.15, -0.1) is 0 Å². The number of aromatic nitrogens is 2. The quantitative estimate of drug-likeness (QED) is 0.143. The first-order valence-corrected chi connectivity index (χ1v) is 12.0. The van der Waals surface area contributed by atoms with Crippen LogP contribution in [-0.2, 0) is 30.4 Å². The van der Waals surface area contributed by atoms with Crippen LogP contribution in [0.5, 0.6) is 0 Å². The van der Waals surface area contributed by atoms with Crippen LogP contribution in [0.4, 0.5) is 0 Å². The van der Waals surface area contributed by atoms with E-state index in [2.05, 4.69) is 25.9 Å². The number of hydrogen-bond donors (Lipinski definition) is 7. The van der Waals surface area contributed by atoms with E-state index in [4.69, 9.17) is 11.5 Å². The van der Waals surface area contributed by atoms with Crippen LogP contribution in [0, 0.1) is 5.92 Å². The van der Waals surface area contributed by atoms with Gasteiger partial charge in [-0.3, -0.25) is 19.2 Å². The van der Waals surface area contributed by atoms with Crippen molar-refractivity contribution in [2.75, 3.05) is 12.0 Å². The number of H-pyrrole nitrogens is 1. The van der Waals surface area contributed by atoms with Crippen LogP contribution in [0.1, 0.15) is 32.4 Å². The molecule has 0 bridgehead atoms. The van der Waals surface area contributed by atoms with Gasteiger partial charge in [0.15, 0.2) is 0 Å². The maximum absolute atomic E-state index is 13.1. The smallest absolute Gasteiger partial charge is 0.326 e. The van der Waals surface area contributed by atoms with Crippen LogP contribution < -0.4 is 27.4 Å². The van der Waals surface area contributed by atoms with Crippen LogP contribution in [0.15, 0.2) is 12.5 Å². The van der Waals surface area contributed by atoms with E-state index in [1.807, 2.05) is 6.26 Å². The third kappa shape index (κ3) is 9.79. The van der Waals surface area contributed by atoms with Crippen molar-refractivity contribution in [1.82, 2.24) is 25.9 Å². The highest BCUT2D eigenvalue weighted by atomic mass is 32.2. The molecule has 1 aromatic heterocycles. The second-order valence-corrected chi connectivity index (χ2v) is 9.02. The van der Waals surface area contributed by atoms with E-state index in [0.717, 1.165) is 0 Å². The number of primary amides is 1. The summed E-state index contributed by atoms with van der Waals surface area (Å²) >= 11 is 1.45. The Labute approximate surface area is 201 Å². The van der Waals surface area contributed by atoms with Gasteiger partial charge >= 0.3 is 5.97 Å². The third-order valence-electron chi connectivity index (χ3n) is 4.84. The van der Waals surface area contributed by atoms with E-state index in [0.29, 0.717) is 11.4 Å². The molecule has 0 radical (unpaired) electrons. The van der Waals surface area contributed by atoms with E-state index in [-0.39, 0.29) is 18.8 Å². The van der Waals surface area contributed by atoms with Crippen LogP contribution in [-0.4, -0.2) is 80.8 Å². The molecule has 0 aliphatic heterocycles. The summed E-state index contributed by atoms with van der Waals surface area (Å²) in [5, 5.41) is 16.9. The second kappa shape index (κ2) is 14.2. The molecule has 0 fully saturated rings. The lowest BCUT2D eigenvalue weighted by molar-refractivity contribution is -0.142. The van der Waals surface area contributed by atoms with Gasteiger partial charge in [-0.25, -0.2) is 9.78 Å². The predicted molar refractivity (Wildman–Crippen MR) is 125 cm³/mol. The Morgan fingerprint density at radius 3 is 2.24 bits per heavy atom. The van der Waals surface area contributed by atoms with Crippen molar-refractivity contribution in [1.29, 1.82) is 0 Å². The number of nitrogens with one attached hydrogen (secondary N) is 4. The number of carboxylic acids is 1. The number of amides is 4. The standard InChI is InChI=1S/C20H33N7O6S/c1-10(2)16(19(31)25-13(20(32)33)4-5-34-3)27-18(30)14(6-11-8-23-9-24-11)26-17(29)12(21)7-15(22)28/h8-10,12-14,16H,4-7,21H2,1-3H3,(H2,22,28)(H,23,24)(H,25,31)(H,26,29)(H,27,30)(H,32,33). The fourth-order valence-corrected chi connectivity index (χ4v) is 3.43. The summed E-state index contributed by atoms with van der Waals surface area (Å²) in [5.41, 5.74) is 11.3. The van der Waals surface area contributed by atoms with Gasteiger partial charge in [0.1, 0.15) is 18.1 Å². The molecular formula is C20H33N7O6S. The monoisotopic (exact) mass is 499 g/mol. The Morgan fingerprint density at radius 1 is 1.09 bits per heavy atom. The Balaban J connectivity index is 2.99. The van der Waals surface area contributed by atoms with Gasteiger partial charge < -0.3 is 37.5 Å². The average molecular weight is 500 g/mol. The summed E-state index contributed by atoms with van der Waals surface area (Å²) in [4.78, 5) is 67.5. The maximum atomic E-state index is 13.1. The molecule has 0 saturated carbocycles. The summed E-state index contributed by atoms with van der Waals surface area (Å²) in [7, 11) is 0. The lowest BCUT2D eigenvalue weighted by atomic mass is 10.0. The number of imidazole rings is 1. The van der Waals surface area contributed by atoms with Crippen molar-refractivity contribution >= 4 is 41.4 Å². The van der Waals surface area contributed by atoms with Gasteiger partial charge in [-0.1, -0.05) is 13.8 Å². The van der Waals surface area contributed by atoms with Gasteiger partial charge in [-0.2, -0.15) is 11.8 Å². The van der Waals surface area contributed by atoms with Crippen LogP contribution in [0.3, 0.4) is 0 Å². The number of aliphatic carboxylic acids is 1. The minimum Gasteiger partial charge on any atom is -0.480 e. The van der Waals surface area contributed by atoms with Crippen molar-refractivity contribution in [2.45, 2.75) is 57.3 Å². The number of carboxylic acid groups (broad SMARTS) is 1. The first-order valence-electron chi connectivity index (χ1n) is 10.6. The number of carbonyl (C=O) groups is 5. The SMILES string of the molecule is CSCCC(NC(=O)C(NC(=O)C(Cc1cnc[nH]1)NC(=O)C(N)CC(N)=O)C(C)C)C(=O)O. The second-order valence-electron chi connectivity index (χ2n) is 8.03. The molecule has 0 saturated heterocycles. The van der Waals surface area contributed by atoms with E-state index in [1.54, 1.807) is 13.8 Å². The number of thioether (sulfide) groups is 1. The Hall–Kier alpha value is -3.13. The van der Waals surface area contributed by atoms with Crippen molar-refractivity contribution in [2.24, 2.45) is 17.4 Å². The van der Waals surface area contributed by atoms with Crippen LogP contribution in [0.2, 0.25) is 0 Å². The number of nitrogens with zero attached hydrogens (tertiary/aromatic N) is 1. The zero-order valence-electron chi connectivity index (χ0n) is 19.4. The molecule has 34 heavy (non-hydrogen) atoms. The fourth-order valence-electron chi connectivity index (χ4n) is 2.96. The Morgan fingerprint density at radius 2 is 1.74 bits per heavy atom. The molecule has 0 spiro atoms. The summed E-state index contributed by atoms with van der Waals surface area (Å²) < 4.78 is 0. The highest BCUT2D eigenvalue weighted by Crippen LogP contribution is 2.08. The number of aromatic amines is 1. The van der Waals surface area contributed by atoms with Crippen molar-refractivity contribution in [3.05, 3.63) is 18.2 Å². The topological polar surface area (TPSA) is 222 Å². The molecule has 13 nitrogen and oxygen atoms in total. The first-order chi connectivity index (χ1) is 16.0. The molecule has 0 aliphatic rings. The molecule has 1 aromatic rings. The molecule has 9 N–H and O–H groups in total. The highest BCUT2D eigenvalue weighted by molar-refractivity contribution is 7.98. The first kappa shape index (κ1) is 28.9. The Bertz CT molecular complexity index is 848. The molecule has 4 atom stereocenters. The summed E-state index contributed by atoms with van der Waals surface area (Å²) in [6.45, 7) is 3.38. The molecule has 4 amide bonds. The van der Waals surface area contributed by atoms with E-state index in [9.17, 15) is 29.1 Å². The number of carbonyl (C=O) groups excluding carboxylic acids is 4. The highest BCUT2D eigenvalue weighted by Gasteiger charge is 2.32. The molecule has 4 unspecified atom stereocenters. The zero-order chi connectivity index (χ0) is 25.8. The fraction of sp³-hybridized carbons (Fsp3) is 0.600. The maximum Gasteiger partial charge on any atom is 0.326 e. The van der Waals surface area contributed by atoms with E-state index in [1.165, 1.54) is 24.3 Å². The molecule has 1 rings (SSSR count). The van der Waals surface area contributed by atoms with Crippen LogP contribution in [0.25, 0.3) is 0 Å². The van der Waals surface area contributed by atoms with E-state index >= 15 is 0 Å². The summed E-state index contributed by atoms with van der Waals surface area (Å²) in [6, 6.07) is -4.59. The lowest BCUT2D eigenvalue weighted by Crippen LogP contribution is -2.59. The summed E-state index contributed by atoms with van der Waals surface area (Å²) in [6.07, 6.45) is 4.49. The minimum absolute atomic E-state index is 0.00122. The third-order valence-corrected chi connectivity index (χ3v) is 5.49. The van der Waals surface area contributed by atoms with Gasteiger partial charge in [0.05, 0.1) is 18.8 Å². The largest absolute Gasteiger partial charge is 0.480 e. The van der Waals surface area contributed by atoms with Crippen molar-refractivity contribution in [3.63, 3.8) is 0 Å². The van der Waals surface area contributed by atoms with Gasteiger partial charge in [0, 0.05) is 18.3 Å². The van der Waals surface area contributed by atoms with E-state index < -0.39 is 60.2 Å². The van der Waals surface area contributed by atoms with Crippen molar-refractivity contribution < 1.29 is 29.1 Å². The molecule has 0 aliphatic carbocycles. The molecule has 14 heteroatoms. The zero-order valence-corrected chi connectivity index (χ0v) is 20.2. The van der Waals surface area contributed by atoms with Gasteiger partial charge in [-0.05, 0) is 24.3 Å². The molecule has 0 aromatic carbocycles. The molecule has 1 heterocycles. The van der Waals surface area contributed by atoms with Crippen LogP contribution >= 0.6 is 11.8 Å². The average Bonchev–Trinajstić information content (AvgIpc) is 3.26. The number of rotatable bonds is 15. The normalized spacial score (nSPS) is 14.5. The van der Waals surface area contributed by atoms with Crippen molar-refractivity contribution in [3.8, 4) is 0 Å². The number of nitrogens with two attached hydrogens (primary N) is 2. The van der Waals surface area contributed by atoms with Gasteiger partial charge in [0.2, 0.25) is 23.6 Å².